The van der Waals surface area contributed by atoms with Gasteiger partial charge in [-0.15, -0.1) is 0 Å². The predicted octanol–water partition coefficient (Wildman–Crippen LogP) is 4.49. The largest absolute Gasteiger partial charge is 0.365 e. The smallest absolute Gasteiger partial charge is 0.0525 e. The summed E-state index contributed by atoms with van der Waals surface area (Å²) in [5, 5.41) is 0. The maximum Gasteiger partial charge on any atom is 0.0525 e. The lowest BCUT2D eigenvalue weighted by molar-refractivity contribution is 0.0903. The molecule has 0 aromatic heterocycles. The first kappa shape index (κ1) is 12.0. The third-order valence-electron chi connectivity index (χ3n) is 4.35. The van der Waals surface area contributed by atoms with Crippen molar-refractivity contribution in [2.24, 2.45) is 0 Å². The van der Waals surface area contributed by atoms with Gasteiger partial charge in [0.1, 0.15) is 0 Å². The first-order chi connectivity index (χ1) is 7.83. The van der Waals surface area contributed by atoms with Gasteiger partial charge in [0.15, 0.2) is 0 Å². The molecule has 1 saturated carbocycles. The summed E-state index contributed by atoms with van der Waals surface area (Å²) in [6.07, 6.45) is 11.0. The molecule has 1 aliphatic carbocycles. The van der Waals surface area contributed by atoms with Crippen molar-refractivity contribution in [2.75, 3.05) is 0 Å². The Balaban J connectivity index is 1.98. The second kappa shape index (κ2) is 5.25. The van der Waals surface area contributed by atoms with E-state index in [2.05, 4.69) is 25.7 Å². The Bertz CT molecular complexity index is 267. The fourth-order valence-corrected chi connectivity index (χ4v) is 3.43. The van der Waals surface area contributed by atoms with Gasteiger partial charge in [0.05, 0.1) is 6.04 Å². The fraction of sp³-hybridized carbons (Fsp3) is 0.867. The van der Waals surface area contributed by atoms with E-state index in [1.54, 1.807) is 11.3 Å². The Kier molecular flexibility index (Phi) is 3.94. The van der Waals surface area contributed by atoms with Gasteiger partial charge in [0, 0.05) is 11.7 Å². The van der Waals surface area contributed by atoms with Crippen LogP contribution in [0, 0.1) is 0 Å². The molecule has 0 saturated heterocycles. The Labute approximate surface area is 101 Å². The lowest BCUT2D eigenvalue weighted by Crippen LogP contribution is -2.56. The molecule has 0 amide bonds. The SMILES string of the molecule is CCCCC(CCC)N1C(CC)=C2CC[C@H]21. The molecule has 16 heavy (non-hydrogen) atoms. The number of hydrogen-bond acceptors (Lipinski definition) is 1. The fourth-order valence-electron chi connectivity index (χ4n) is 3.43. The summed E-state index contributed by atoms with van der Waals surface area (Å²) in [6, 6.07) is 1.73. The number of unbranched alkanes of at least 4 members (excludes halogenated alkanes) is 1. The molecule has 2 rings (SSSR count). The van der Waals surface area contributed by atoms with E-state index in [-0.39, 0.29) is 0 Å². The lowest BCUT2D eigenvalue weighted by atomic mass is 9.73. The molecule has 0 aromatic carbocycles. The van der Waals surface area contributed by atoms with E-state index in [1.165, 1.54) is 51.4 Å². The van der Waals surface area contributed by atoms with Gasteiger partial charge in [0.25, 0.3) is 0 Å². The molecule has 1 heterocycles. The molecular weight excluding hydrogens is 194 g/mol. The normalized spacial score (nSPS) is 24.9. The summed E-state index contributed by atoms with van der Waals surface area (Å²) in [6.45, 7) is 6.97. The molecule has 1 unspecified atom stereocenters. The van der Waals surface area contributed by atoms with Gasteiger partial charge in [-0.2, -0.15) is 0 Å². The summed E-state index contributed by atoms with van der Waals surface area (Å²) >= 11 is 0. The van der Waals surface area contributed by atoms with Crippen molar-refractivity contribution in [3.8, 4) is 0 Å². The van der Waals surface area contributed by atoms with Crippen LogP contribution in [0.2, 0.25) is 0 Å². The quantitative estimate of drug-likeness (QED) is 0.612. The Morgan fingerprint density at radius 3 is 2.50 bits per heavy atom. The standard InChI is InChI=1S/C15H27N/c1-4-7-9-12(8-5-2)16-14(6-3)13-10-11-15(13)16/h12,15H,4-11H2,1-3H3/t12?,15-/m1/s1. The zero-order valence-electron chi connectivity index (χ0n) is 11.3. The van der Waals surface area contributed by atoms with Gasteiger partial charge in [-0.25, -0.2) is 0 Å². The number of allylic oxidation sites excluding steroid dienone is 1. The summed E-state index contributed by atoms with van der Waals surface area (Å²) in [4.78, 5) is 2.79. The van der Waals surface area contributed by atoms with E-state index in [0.29, 0.717) is 0 Å². The predicted molar refractivity (Wildman–Crippen MR) is 70.4 cm³/mol. The Morgan fingerprint density at radius 2 is 2.00 bits per heavy atom. The van der Waals surface area contributed by atoms with Crippen LogP contribution in [0.1, 0.15) is 72.1 Å². The number of nitrogens with zero attached hydrogens (tertiary/aromatic N) is 1. The number of fused-ring (bicyclic) bond motifs is 1. The van der Waals surface area contributed by atoms with Crippen LogP contribution in [0.5, 0.6) is 0 Å². The van der Waals surface area contributed by atoms with Gasteiger partial charge in [0.2, 0.25) is 0 Å². The molecule has 2 atom stereocenters. The van der Waals surface area contributed by atoms with Gasteiger partial charge in [-0.3, -0.25) is 0 Å². The van der Waals surface area contributed by atoms with Gasteiger partial charge < -0.3 is 4.90 Å². The number of hydrogen-bond donors (Lipinski definition) is 0. The van der Waals surface area contributed by atoms with Crippen LogP contribution in [-0.2, 0) is 0 Å². The third-order valence-corrected chi connectivity index (χ3v) is 4.35. The molecule has 1 aliphatic heterocycles. The molecule has 1 fully saturated rings. The zero-order valence-corrected chi connectivity index (χ0v) is 11.3. The van der Waals surface area contributed by atoms with Gasteiger partial charge in [-0.1, -0.05) is 40.0 Å². The van der Waals surface area contributed by atoms with E-state index in [0.717, 1.165) is 12.1 Å². The van der Waals surface area contributed by atoms with Crippen LogP contribution in [0.3, 0.4) is 0 Å². The average molecular weight is 221 g/mol. The van der Waals surface area contributed by atoms with Crippen LogP contribution >= 0.6 is 0 Å². The highest BCUT2D eigenvalue weighted by atomic mass is 15.3. The summed E-state index contributed by atoms with van der Waals surface area (Å²) in [7, 11) is 0. The van der Waals surface area contributed by atoms with E-state index in [4.69, 9.17) is 0 Å². The van der Waals surface area contributed by atoms with Crippen molar-refractivity contribution in [3.05, 3.63) is 11.3 Å². The number of rotatable bonds is 7. The Morgan fingerprint density at radius 1 is 1.19 bits per heavy atom. The van der Waals surface area contributed by atoms with Crippen LogP contribution in [0.4, 0.5) is 0 Å². The molecule has 0 spiro atoms. The van der Waals surface area contributed by atoms with Crippen molar-refractivity contribution < 1.29 is 0 Å². The van der Waals surface area contributed by atoms with Crippen LogP contribution in [0.25, 0.3) is 0 Å². The highest BCUT2D eigenvalue weighted by Crippen LogP contribution is 2.48. The lowest BCUT2D eigenvalue weighted by Gasteiger charge is -2.57. The molecule has 1 heteroatoms. The first-order valence-electron chi connectivity index (χ1n) is 7.33. The van der Waals surface area contributed by atoms with Crippen molar-refractivity contribution in [1.82, 2.24) is 4.90 Å². The van der Waals surface area contributed by atoms with E-state index in [9.17, 15) is 0 Å². The minimum absolute atomic E-state index is 0.856. The minimum Gasteiger partial charge on any atom is -0.365 e. The first-order valence-corrected chi connectivity index (χ1v) is 7.33. The highest BCUT2D eigenvalue weighted by Gasteiger charge is 2.44. The molecule has 0 N–H and O–H groups in total. The maximum absolute atomic E-state index is 2.79. The molecule has 2 aliphatic rings. The van der Waals surface area contributed by atoms with Crippen molar-refractivity contribution in [3.63, 3.8) is 0 Å². The van der Waals surface area contributed by atoms with Gasteiger partial charge in [-0.05, 0) is 37.7 Å². The van der Waals surface area contributed by atoms with Gasteiger partial charge >= 0.3 is 0 Å². The molecule has 92 valence electrons. The second-order valence-corrected chi connectivity index (χ2v) is 5.37. The van der Waals surface area contributed by atoms with Crippen LogP contribution in [-0.4, -0.2) is 17.0 Å². The van der Waals surface area contributed by atoms with Crippen LogP contribution in [0.15, 0.2) is 11.3 Å². The molecule has 0 bridgehead atoms. The Hall–Kier alpha value is -0.460. The summed E-state index contributed by atoms with van der Waals surface area (Å²) in [5.74, 6) is 0. The van der Waals surface area contributed by atoms with E-state index < -0.39 is 0 Å². The molecular formula is C15H27N. The third kappa shape index (κ3) is 1.89. The second-order valence-electron chi connectivity index (χ2n) is 5.37. The zero-order chi connectivity index (χ0) is 11.5. The monoisotopic (exact) mass is 221 g/mol. The molecule has 0 radical (unpaired) electrons. The summed E-state index contributed by atoms with van der Waals surface area (Å²) < 4.78 is 0. The molecule has 1 nitrogen and oxygen atoms in total. The summed E-state index contributed by atoms with van der Waals surface area (Å²) in [5.41, 5.74) is 3.52. The van der Waals surface area contributed by atoms with E-state index >= 15 is 0 Å². The minimum atomic E-state index is 0.856. The maximum atomic E-state index is 2.79. The van der Waals surface area contributed by atoms with Crippen molar-refractivity contribution in [1.29, 1.82) is 0 Å². The van der Waals surface area contributed by atoms with Crippen LogP contribution < -0.4 is 0 Å². The van der Waals surface area contributed by atoms with Crippen molar-refractivity contribution in [2.45, 2.75) is 84.2 Å². The van der Waals surface area contributed by atoms with E-state index in [1.807, 2.05) is 0 Å². The molecule has 0 aromatic rings. The highest BCUT2D eigenvalue weighted by molar-refractivity contribution is 5.37. The topological polar surface area (TPSA) is 3.24 Å². The average Bonchev–Trinajstić information content (AvgIpc) is 2.27. The van der Waals surface area contributed by atoms with Crippen molar-refractivity contribution >= 4 is 0 Å².